The van der Waals surface area contributed by atoms with Crippen LogP contribution in [0.2, 0.25) is 0 Å². The van der Waals surface area contributed by atoms with E-state index < -0.39 is 0 Å². The first-order valence-corrected chi connectivity index (χ1v) is 6.65. The third-order valence-corrected chi connectivity index (χ3v) is 2.71. The first-order chi connectivity index (χ1) is 8.67. The summed E-state index contributed by atoms with van der Waals surface area (Å²) < 4.78 is 6.17. The molecule has 0 spiro atoms. The third-order valence-electron chi connectivity index (χ3n) is 2.30. The molecule has 0 aromatic carbocycles. The Hall–Kier alpha value is -1.43. The second kappa shape index (κ2) is 5.95. The SMILES string of the molecule is CCCc1nc(Br)cc(NCc2ncc(C)o2)n1. The standard InChI is InChI=1S/C12H15BrN4O/c1-3-4-10-16-9(13)5-11(17-10)14-7-12-15-6-8(2)18-12/h5-6H,3-4,7H2,1-2H3,(H,14,16,17). The highest BCUT2D eigenvalue weighted by Gasteiger charge is 2.04. The van der Waals surface area contributed by atoms with Gasteiger partial charge in [0.05, 0.1) is 12.7 Å². The van der Waals surface area contributed by atoms with Crippen molar-refractivity contribution >= 4 is 21.7 Å². The Morgan fingerprint density at radius 2 is 2.22 bits per heavy atom. The molecule has 2 heterocycles. The van der Waals surface area contributed by atoms with Crippen LogP contribution in [0.15, 0.2) is 21.3 Å². The number of rotatable bonds is 5. The lowest BCUT2D eigenvalue weighted by Crippen LogP contribution is -2.05. The Morgan fingerprint density at radius 3 is 2.89 bits per heavy atom. The molecule has 0 aliphatic rings. The van der Waals surface area contributed by atoms with E-state index in [2.05, 4.69) is 43.1 Å². The fraction of sp³-hybridized carbons (Fsp3) is 0.417. The van der Waals surface area contributed by atoms with Crippen LogP contribution < -0.4 is 5.32 Å². The third kappa shape index (κ3) is 3.53. The first kappa shape index (κ1) is 13.0. The second-order valence-corrected chi connectivity index (χ2v) is 4.77. The molecule has 0 saturated heterocycles. The van der Waals surface area contributed by atoms with E-state index in [1.54, 1.807) is 6.20 Å². The number of halogens is 1. The first-order valence-electron chi connectivity index (χ1n) is 5.86. The Kier molecular flexibility index (Phi) is 4.30. The van der Waals surface area contributed by atoms with Gasteiger partial charge in [-0.05, 0) is 29.3 Å². The van der Waals surface area contributed by atoms with Gasteiger partial charge in [0.1, 0.15) is 22.0 Å². The van der Waals surface area contributed by atoms with Crippen molar-refractivity contribution in [2.45, 2.75) is 33.2 Å². The minimum absolute atomic E-state index is 0.517. The van der Waals surface area contributed by atoms with E-state index in [9.17, 15) is 0 Å². The molecule has 0 atom stereocenters. The van der Waals surface area contributed by atoms with E-state index >= 15 is 0 Å². The molecule has 2 aromatic rings. The monoisotopic (exact) mass is 310 g/mol. The van der Waals surface area contributed by atoms with Gasteiger partial charge in [-0.2, -0.15) is 0 Å². The Labute approximate surface area is 114 Å². The van der Waals surface area contributed by atoms with Crippen molar-refractivity contribution < 1.29 is 4.42 Å². The van der Waals surface area contributed by atoms with Gasteiger partial charge in [0.15, 0.2) is 0 Å². The number of nitrogens with zero attached hydrogens (tertiary/aromatic N) is 3. The molecule has 0 fully saturated rings. The van der Waals surface area contributed by atoms with Gasteiger partial charge < -0.3 is 9.73 Å². The molecular formula is C12H15BrN4O. The number of oxazole rings is 1. The molecule has 5 nitrogen and oxygen atoms in total. The molecule has 0 saturated carbocycles. The topological polar surface area (TPSA) is 63.8 Å². The molecule has 0 amide bonds. The summed E-state index contributed by atoms with van der Waals surface area (Å²) in [5.74, 6) is 3.07. The summed E-state index contributed by atoms with van der Waals surface area (Å²) in [6.45, 7) is 4.49. The molecule has 18 heavy (non-hydrogen) atoms. The van der Waals surface area contributed by atoms with Gasteiger partial charge in [-0.15, -0.1) is 0 Å². The smallest absolute Gasteiger partial charge is 0.213 e. The van der Waals surface area contributed by atoms with E-state index in [0.717, 1.165) is 34.8 Å². The second-order valence-electron chi connectivity index (χ2n) is 3.96. The molecule has 0 bridgehead atoms. The van der Waals surface area contributed by atoms with Gasteiger partial charge in [-0.3, -0.25) is 0 Å². The van der Waals surface area contributed by atoms with Crippen molar-refractivity contribution in [2.75, 3.05) is 5.32 Å². The Morgan fingerprint density at radius 1 is 1.39 bits per heavy atom. The van der Waals surface area contributed by atoms with Crippen LogP contribution in [-0.4, -0.2) is 15.0 Å². The van der Waals surface area contributed by atoms with Crippen LogP contribution in [0.1, 0.15) is 30.8 Å². The van der Waals surface area contributed by atoms with Gasteiger partial charge >= 0.3 is 0 Å². The maximum atomic E-state index is 5.38. The van der Waals surface area contributed by atoms with Crippen LogP contribution >= 0.6 is 15.9 Å². The normalized spacial score (nSPS) is 10.6. The number of hydrogen-bond acceptors (Lipinski definition) is 5. The highest BCUT2D eigenvalue weighted by atomic mass is 79.9. The van der Waals surface area contributed by atoms with Crippen molar-refractivity contribution in [3.05, 3.63) is 34.3 Å². The molecule has 0 radical (unpaired) electrons. The van der Waals surface area contributed by atoms with Crippen LogP contribution in [-0.2, 0) is 13.0 Å². The van der Waals surface area contributed by atoms with E-state index in [4.69, 9.17) is 4.42 Å². The quantitative estimate of drug-likeness (QED) is 0.860. The van der Waals surface area contributed by atoms with E-state index in [1.165, 1.54) is 0 Å². The van der Waals surface area contributed by atoms with Gasteiger partial charge in [0, 0.05) is 12.5 Å². The van der Waals surface area contributed by atoms with Crippen LogP contribution in [0.25, 0.3) is 0 Å². The van der Waals surface area contributed by atoms with Crippen molar-refractivity contribution in [1.82, 2.24) is 15.0 Å². The average molecular weight is 311 g/mol. The van der Waals surface area contributed by atoms with Gasteiger partial charge in [-0.25, -0.2) is 15.0 Å². The van der Waals surface area contributed by atoms with Crippen LogP contribution in [0.3, 0.4) is 0 Å². The molecule has 2 rings (SSSR count). The number of anilines is 1. The zero-order valence-electron chi connectivity index (χ0n) is 10.4. The molecule has 96 valence electrons. The van der Waals surface area contributed by atoms with Gasteiger partial charge in [0.25, 0.3) is 0 Å². The summed E-state index contributed by atoms with van der Waals surface area (Å²) in [6, 6.07) is 1.84. The summed E-state index contributed by atoms with van der Waals surface area (Å²) >= 11 is 3.38. The fourth-order valence-electron chi connectivity index (χ4n) is 1.54. The molecule has 0 aliphatic heterocycles. The number of aryl methyl sites for hydroxylation is 2. The van der Waals surface area contributed by atoms with Crippen molar-refractivity contribution in [3.63, 3.8) is 0 Å². The zero-order valence-corrected chi connectivity index (χ0v) is 12.0. The van der Waals surface area contributed by atoms with Crippen LogP contribution in [0.5, 0.6) is 0 Å². The summed E-state index contributed by atoms with van der Waals surface area (Å²) in [5, 5.41) is 3.18. The van der Waals surface area contributed by atoms with Crippen molar-refractivity contribution in [3.8, 4) is 0 Å². The van der Waals surface area contributed by atoms with Crippen molar-refractivity contribution in [1.29, 1.82) is 0 Å². The van der Waals surface area contributed by atoms with E-state index in [0.29, 0.717) is 12.4 Å². The zero-order chi connectivity index (χ0) is 13.0. The lowest BCUT2D eigenvalue weighted by Gasteiger charge is -2.05. The number of aromatic nitrogens is 3. The Balaban J connectivity index is 2.04. The minimum atomic E-state index is 0.517. The average Bonchev–Trinajstić information content (AvgIpc) is 2.72. The van der Waals surface area contributed by atoms with Gasteiger partial charge in [0.2, 0.25) is 5.89 Å². The van der Waals surface area contributed by atoms with E-state index in [-0.39, 0.29) is 0 Å². The summed E-state index contributed by atoms with van der Waals surface area (Å²) in [6.07, 6.45) is 3.59. The Bertz CT molecular complexity index is 527. The predicted octanol–water partition coefficient (Wildman–Crippen LogP) is 3.10. The van der Waals surface area contributed by atoms with E-state index in [1.807, 2.05) is 13.0 Å². The molecule has 0 unspecified atom stereocenters. The van der Waals surface area contributed by atoms with Gasteiger partial charge in [-0.1, -0.05) is 6.92 Å². The highest BCUT2D eigenvalue weighted by molar-refractivity contribution is 9.10. The highest BCUT2D eigenvalue weighted by Crippen LogP contribution is 2.14. The predicted molar refractivity (Wildman–Crippen MR) is 72.3 cm³/mol. The molecule has 6 heteroatoms. The minimum Gasteiger partial charge on any atom is -0.444 e. The molecular weight excluding hydrogens is 296 g/mol. The molecule has 1 N–H and O–H groups in total. The lowest BCUT2D eigenvalue weighted by atomic mass is 10.3. The lowest BCUT2D eigenvalue weighted by molar-refractivity contribution is 0.478. The molecule has 0 aliphatic carbocycles. The fourth-order valence-corrected chi connectivity index (χ4v) is 1.96. The maximum Gasteiger partial charge on any atom is 0.213 e. The van der Waals surface area contributed by atoms with Crippen LogP contribution in [0.4, 0.5) is 5.82 Å². The summed E-state index contributed by atoms with van der Waals surface area (Å²) in [5.41, 5.74) is 0. The number of nitrogens with one attached hydrogen (secondary N) is 1. The number of hydrogen-bond donors (Lipinski definition) is 1. The van der Waals surface area contributed by atoms with Crippen molar-refractivity contribution in [2.24, 2.45) is 0 Å². The summed E-state index contributed by atoms with van der Waals surface area (Å²) in [7, 11) is 0. The summed E-state index contributed by atoms with van der Waals surface area (Å²) in [4.78, 5) is 12.9. The van der Waals surface area contributed by atoms with Crippen LogP contribution in [0, 0.1) is 6.92 Å². The maximum absolute atomic E-state index is 5.38. The largest absolute Gasteiger partial charge is 0.444 e. The molecule has 2 aromatic heterocycles.